The average molecular weight is 286 g/mol. The van der Waals surface area contributed by atoms with E-state index in [9.17, 15) is 5.11 Å². The molecule has 2 unspecified atom stereocenters. The van der Waals surface area contributed by atoms with Crippen molar-refractivity contribution in [2.75, 3.05) is 6.54 Å². The zero-order chi connectivity index (χ0) is 15.2. The van der Waals surface area contributed by atoms with Gasteiger partial charge in [0, 0.05) is 0 Å². The van der Waals surface area contributed by atoms with Gasteiger partial charge in [-0.1, -0.05) is 85.0 Å². The van der Waals surface area contributed by atoms with Gasteiger partial charge < -0.3 is 10.8 Å². The monoisotopic (exact) mass is 285 g/mol. The highest BCUT2D eigenvalue weighted by atomic mass is 16.3. The Bertz CT molecular complexity index is 194. The van der Waals surface area contributed by atoms with E-state index in [1.807, 2.05) is 0 Å². The zero-order valence-corrected chi connectivity index (χ0v) is 14.2. The van der Waals surface area contributed by atoms with Gasteiger partial charge in [-0.15, -0.1) is 0 Å². The molecule has 0 fully saturated rings. The largest absolute Gasteiger partial charge is 0.393 e. The number of nitrogens with two attached hydrogens (primary N) is 1. The van der Waals surface area contributed by atoms with Crippen molar-refractivity contribution in [3.63, 3.8) is 0 Å². The number of hydrogen-bond donors (Lipinski definition) is 2. The van der Waals surface area contributed by atoms with Gasteiger partial charge in [-0.2, -0.15) is 0 Å². The lowest BCUT2D eigenvalue weighted by Gasteiger charge is -2.24. The number of rotatable bonds is 14. The predicted octanol–water partition coefficient (Wildman–Crippen LogP) is 4.89. The molecule has 2 nitrogen and oxygen atoms in total. The van der Waals surface area contributed by atoms with E-state index >= 15 is 0 Å². The van der Waals surface area contributed by atoms with Crippen LogP contribution >= 0.6 is 0 Å². The van der Waals surface area contributed by atoms with Crippen molar-refractivity contribution >= 4 is 0 Å². The minimum atomic E-state index is -0.200. The van der Waals surface area contributed by atoms with Crippen molar-refractivity contribution in [2.24, 2.45) is 17.6 Å². The van der Waals surface area contributed by atoms with Gasteiger partial charge in [-0.25, -0.2) is 0 Å². The molecule has 0 heterocycles. The van der Waals surface area contributed by atoms with Gasteiger partial charge in [-0.3, -0.25) is 0 Å². The molecule has 3 N–H and O–H groups in total. The molecule has 2 atom stereocenters. The van der Waals surface area contributed by atoms with Crippen LogP contribution in [-0.4, -0.2) is 17.8 Å². The normalized spacial score (nSPS) is 14.7. The van der Waals surface area contributed by atoms with Crippen LogP contribution in [0.3, 0.4) is 0 Å². The van der Waals surface area contributed by atoms with Crippen molar-refractivity contribution in [1.29, 1.82) is 0 Å². The summed E-state index contributed by atoms with van der Waals surface area (Å²) in [6, 6.07) is 0. The Morgan fingerprint density at radius 3 is 1.65 bits per heavy atom. The van der Waals surface area contributed by atoms with Crippen LogP contribution in [0, 0.1) is 11.8 Å². The predicted molar refractivity (Wildman–Crippen MR) is 89.9 cm³/mol. The summed E-state index contributed by atoms with van der Waals surface area (Å²) in [6.45, 7) is 7.18. The number of hydrogen-bond acceptors (Lipinski definition) is 2. The third kappa shape index (κ3) is 10.7. The van der Waals surface area contributed by atoms with Gasteiger partial charge in [0.1, 0.15) is 0 Å². The second kappa shape index (κ2) is 13.9. The molecule has 0 aliphatic heterocycles. The van der Waals surface area contributed by atoms with Crippen LogP contribution in [0.5, 0.6) is 0 Å². The summed E-state index contributed by atoms with van der Waals surface area (Å²) in [5, 5.41) is 10.1. The fraction of sp³-hybridized carbons (Fsp3) is 1.00. The molecule has 20 heavy (non-hydrogen) atoms. The van der Waals surface area contributed by atoms with Gasteiger partial charge in [0.25, 0.3) is 0 Å². The van der Waals surface area contributed by atoms with Gasteiger partial charge in [0.2, 0.25) is 0 Å². The van der Waals surface area contributed by atoms with E-state index < -0.39 is 0 Å². The fourth-order valence-electron chi connectivity index (χ4n) is 2.93. The van der Waals surface area contributed by atoms with Gasteiger partial charge in [0.15, 0.2) is 0 Å². The molecule has 0 bridgehead atoms. The fourth-order valence-corrected chi connectivity index (χ4v) is 2.93. The SMILES string of the molecule is CCCCCCCCCCCCC(O)C(CN)C(C)C. The van der Waals surface area contributed by atoms with Crippen LogP contribution < -0.4 is 5.73 Å². The highest BCUT2D eigenvalue weighted by Crippen LogP contribution is 2.19. The first-order valence-corrected chi connectivity index (χ1v) is 9.01. The molecule has 0 saturated carbocycles. The minimum absolute atomic E-state index is 0.200. The maximum Gasteiger partial charge on any atom is 0.0582 e. The third-order valence-corrected chi connectivity index (χ3v) is 4.48. The molecule has 0 aliphatic carbocycles. The van der Waals surface area contributed by atoms with Gasteiger partial charge in [-0.05, 0) is 24.8 Å². The van der Waals surface area contributed by atoms with Crippen LogP contribution in [0.1, 0.15) is 91.4 Å². The molecular weight excluding hydrogens is 246 g/mol. The highest BCUT2D eigenvalue weighted by molar-refractivity contribution is 4.72. The third-order valence-electron chi connectivity index (χ3n) is 4.48. The molecule has 122 valence electrons. The lowest BCUT2D eigenvalue weighted by molar-refractivity contribution is 0.0758. The summed E-state index contributed by atoms with van der Waals surface area (Å²) in [5.74, 6) is 0.756. The summed E-state index contributed by atoms with van der Waals surface area (Å²) in [6.07, 6.45) is 14.2. The Morgan fingerprint density at radius 1 is 0.800 bits per heavy atom. The molecule has 0 aliphatic rings. The molecule has 0 rings (SSSR count). The lowest BCUT2D eigenvalue weighted by atomic mass is 9.87. The molecule has 0 spiro atoms. The summed E-state index contributed by atoms with van der Waals surface area (Å²) in [5.41, 5.74) is 5.73. The Balaban J connectivity index is 3.35. The Kier molecular flexibility index (Phi) is 13.8. The second-order valence-electron chi connectivity index (χ2n) is 6.68. The van der Waals surface area contributed by atoms with Crippen molar-refractivity contribution in [2.45, 2.75) is 97.5 Å². The topological polar surface area (TPSA) is 46.2 Å². The molecule has 0 saturated heterocycles. The molecule has 0 aromatic carbocycles. The van der Waals surface area contributed by atoms with Crippen LogP contribution in [0.25, 0.3) is 0 Å². The first-order chi connectivity index (χ1) is 9.63. The molecule has 0 radical (unpaired) electrons. The van der Waals surface area contributed by atoms with Crippen molar-refractivity contribution < 1.29 is 5.11 Å². The van der Waals surface area contributed by atoms with Crippen molar-refractivity contribution in [3.05, 3.63) is 0 Å². The molecular formula is C18H39NO. The Labute approximate surface area is 127 Å². The minimum Gasteiger partial charge on any atom is -0.393 e. The number of aliphatic hydroxyl groups is 1. The van der Waals surface area contributed by atoms with Crippen molar-refractivity contribution in [1.82, 2.24) is 0 Å². The van der Waals surface area contributed by atoms with Gasteiger partial charge >= 0.3 is 0 Å². The summed E-state index contributed by atoms with van der Waals surface area (Å²) >= 11 is 0. The summed E-state index contributed by atoms with van der Waals surface area (Å²) in [7, 11) is 0. The summed E-state index contributed by atoms with van der Waals surface area (Å²) < 4.78 is 0. The van der Waals surface area contributed by atoms with E-state index in [0.29, 0.717) is 12.5 Å². The van der Waals surface area contributed by atoms with E-state index in [-0.39, 0.29) is 12.0 Å². The molecule has 0 amide bonds. The van der Waals surface area contributed by atoms with Crippen LogP contribution in [0.2, 0.25) is 0 Å². The standard InChI is InChI=1S/C18H39NO/c1-4-5-6-7-8-9-10-11-12-13-14-18(20)17(15-19)16(2)3/h16-18,20H,4-15,19H2,1-3H3. The molecule has 0 aromatic heterocycles. The first kappa shape index (κ1) is 19.9. The summed E-state index contributed by atoms with van der Waals surface area (Å²) in [4.78, 5) is 0. The quantitative estimate of drug-likeness (QED) is 0.446. The average Bonchev–Trinajstić information content (AvgIpc) is 2.41. The van der Waals surface area contributed by atoms with E-state index in [4.69, 9.17) is 5.73 Å². The van der Waals surface area contributed by atoms with Gasteiger partial charge in [0.05, 0.1) is 6.10 Å². The first-order valence-electron chi connectivity index (χ1n) is 9.01. The van der Waals surface area contributed by atoms with E-state index in [0.717, 1.165) is 12.8 Å². The second-order valence-corrected chi connectivity index (χ2v) is 6.68. The molecule has 0 aromatic rings. The van der Waals surface area contributed by atoms with Crippen LogP contribution in [0.15, 0.2) is 0 Å². The van der Waals surface area contributed by atoms with Crippen molar-refractivity contribution in [3.8, 4) is 0 Å². The molecule has 2 heteroatoms. The van der Waals surface area contributed by atoms with E-state index in [1.165, 1.54) is 57.8 Å². The van der Waals surface area contributed by atoms with E-state index in [1.54, 1.807) is 0 Å². The van der Waals surface area contributed by atoms with E-state index in [2.05, 4.69) is 20.8 Å². The van der Waals surface area contributed by atoms with Crippen LogP contribution in [0.4, 0.5) is 0 Å². The smallest absolute Gasteiger partial charge is 0.0582 e. The lowest BCUT2D eigenvalue weighted by Crippen LogP contribution is -2.31. The number of aliphatic hydroxyl groups excluding tert-OH is 1. The zero-order valence-electron chi connectivity index (χ0n) is 14.2. The number of unbranched alkanes of at least 4 members (excludes halogenated alkanes) is 9. The Morgan fingerprint density at radius 2 is 1.25 bits per heavy atom. The highest BCUT2D eigenvalue weighted by Gasteiger charge is 2.20. The van der Waals surface area contributed by atoms with Crippen LogP contribution in [-0.2, 0) is 0 Å². The maximum atomic E-state index is 10.1. The Hall–Kier alpha value is -0.0800. The maximum absolute atomic E-state index is 10.1.